The molecule has 0 saturated heterocycles. The van der Waals surface area contributed by atoms with Gasteiger partial charge >= 0.3 is 0 Å². The number of fused-ring (bicyclic) bond motifs is 4. The Bertz CT molecular complexity index is 3960. The van der Waals surface area contributed by atoms with E-state index in [9.17, 15) is 0 Å². The van der Waals surface area contributed by atoms with E-state index in [1.165, 1.54) is 43.1 Å². The number of hydrogen-bond acceptors (Lipinski definition) is 6. The summed E-state index contributed by atoms with van der Waals surface area (Å²) in [6.45, 7) is 0. The lowest BCUT2D eigenvalue weighted by molar-refractivity contribution is 1.12. The third kappa shape index (κ3) is 10.4. The molecule has 5 aromatic heterocycles. The predicted octanol–water partition coefficient (Wildman–Crippen LogP) is 18.0. The average Bonchev–Trinajstić information content (AvgIpc) is 3.53. The first-order chi connectivity index (χ1) is 38.6. The maximum Gasteiger partial charge on any atom is 0.0895 e. The Morgan fingerprint density at radius 3 is 0.654 bits per heavy atom. The second-order valence-corrected chi connectivity index (χ2v) is 19.2. The minimum absolute atomic E-state index is 0.654. The van der Waals surface area contributed by atoms with Crippen LogP contribution in [0.1, 0.15) is 45.6 Å². The molecule has 366 valence electrons. The first kappa shape index (κ1) is 47.2. The molecule has 6 heteroatoms. The Morgan fingerprint density at radius 1 is 0.192 bits per heavy atom. The van der Waals surface area contributed by atoms with Crippen LogP contribution in [0.3, 0.4) is 0 Å². The Balaban J connectivity index is 0.912. The molecular formula is C72H48N6. The molecule has 0 aliphatic carbocycles. The normalized spacial score (nSPS) is 11.9. The third-order valence-corrected chi connectivity index (χ3v) is 14.1. The summed E-state index contributed by atoms with van der Waals surface area (Å²) in [6.07, 6.45) is 23.4. The van der Waals surface area contributed by atoms with Crippen molar-refractivity contribution in [2.24, 2.45) is 0 Å². The molecule has 13 aromatic rings. The van der Waals surface area contributed by atoms with Crippen LogP contribution in [0.2, 0.25) is 0 Å². The zero-order valence-corrected chi connectivity index (χ0v) is 42.4. The van der Waals surface area contributed by atoms with E-state index in [2.05, 4.69) is 194 Å². The van der Waals surface area contributed by atoms with Crippen molar-refractivity contribution in [1.29, 1.82) is 0 Å². The van der Waals surface area contributed by atoms with E-state index in [-0.39, 0.29) is 0 Å². The number of rotatable bonds is 12. The smallest absolute Gasteiger partial charge is 0.0895 e. The minimum atomic E-state index is 0.654. The lowest BCUT2D eigenvalue weighted by Crippen LogP contribution is -2.00. The van der Waals surface area contributed by atoms with Crippen LogP contribution in [0, 0.1) is 0 Å². The van der Waals surface area contributed by atoms with E-state index in [4.69, 9.17) is 29.9 Å². The molecule has 0 aliphatic heterocycles. The summed E-state index contributed by atoms with van der Waals surface area (Å²) in [7, 11) is 0. The zero-order valence-electron chi connectivity index (χ0n) is 42.4. The van der Waals surface area contributed by atoms with Crippen molar-refractivity contribution in [3.63, 3.8) is 0 Å². The zero-order chi connectivity index (χ0) is 52.0. The van der Waals surface area contributed by atoms with Gasteiger partial charge in [0.15, 0.2) is 0 Å². The van der Waals surface area contributed by atoms with Gasteiger partial charge in [-0.25, -0.2) is 9.97 Å². The monoisotopic (exact) mass is 996 g/mol. The molecule has 0 saturated carbocycles. The molecule has 13 rings (SSSR count). The van der Waals surface area contributed by atoms with Gasteiger partial charge < -0.3 is 0 Å². The van der Waals surface area contributed by atoms with E-state index < -0.39 is 0 Å². The molecule has 0 radical (unpaired) electrons. The summed E-state index contributed by atoms with van der Waals surface area (Å²) >= 11 is 0. The van der Waals surface area contributed by atoms with Crippen LogP contribution in [-0.4, -0.2) is 29.9 Å². The maximum absolute atomic E-state index is 5.41. The molecule has 6 nitrogen and oxygen atoms in total. The summed E-state index contributed by atoms with van der Waals surface area (Å²) in [5, 5.41) is 9.55. The Labute approximate surface area is 452 Å². The van der Waals surface area contributed by atoms with Crippen molar-refractivity contribution in [3.8, 4) is 44.5 Å². The highest BCUT2D eigenvalue weighted by molar-refractivity contribution is 5.92. The van der Waals surface area contributed by atoms with Gasteiger partial charge in [-0.05, 0) is 209 Å². The Morgan fingerprint density at radius 2 is 0.410 bits per heavy atom. The van der Waals surface area contributed by atoms with Crippen LogP contribution in [0.25, 0.3) is 136 Å². The highest BCUT2D eigenvalue weighted by Crippen LogP contribution is 2.30. The lowest BCUT2D eigenvalue weighted by Gasteiger charge is -2.09. The van der Waals surface area contributed by atoms with Crippen molar-refractivity contribution in [1.82, 2.24) is 29.9 Å². The van der Waals surface area contributed by atoms with Gasteiger partial charge in [0.25, 0.3) is 0 Å². The molecular weight excluding hydrogens is 949 g/mol. The molecule has 0 unspecified atom stereocenters. The van der Waals surface area contributed by atoms with Crippen LogP contribution in [-0.2, 0) is 0 Å². The molecule has 5 heterocycles. The van der Waals surface area contributed by atoms with Crippen LogP contribution >= 0.6 is 0 Å². The number of nitrogens with zero attached hydrogens (tertiary/aromatic N) is 6. The Hall–Kier alpha value is -10.6. The van der Waals surface area contributed by atoms with Gasteiger partial charge in [0.05, 0.1) is 45.6 Å². The molecule has 0 bridgehead atoms. The fourth-order valence-electron chi connectivity index (χ4n) is 9.99. The number of hydrogen-bond donors (Lipinski definition) is 0. The molecule has 8 aromatic carbocycles. The molecule has 78 heavy (non-hydrogen) atoms. The highest BCUT2D eigenvalue weighted by atomic mass is 14.8. The van der Waals surface area contributed by atoms with Gasteiger partial charge in [0.2, 0.25) is 0 Å². The van der Waals surface area contributed by atoms with Crippen molar-refractivity contribution in [3.05, 3.63) is 289 Å². The summed E-state index contributed by atoms with van der Waals surface area (Å²) in [4.78, 5) is 30.0. The Kier molecular flexibility index (Phi) is 12.9. The number of pyridine rings is 4. The standard InChI is InChI=1S/C72H48N6/c1-5-13-53-41-57(21-17-49(53)9-1)61-33-37-73-65(45-61)25-29-69-70(30-26-66-46-62(34-38-74-66)58-22-18-50-10-2-6-14-54(50)42-58)78-72(32-28-68-48-64(36-40-76-68)60-24-20-52-12-4-8-16-56(52)44-60)71(77-69)31-27-67-47-63(35-39-75-67)59-23-19-51-11-3-7-15-55(51)43-59/h1-48H. The third-order valence-electron chi connectivity index (χ3n) is 14.1. The predicted molar refractivity (Wildman–Crippen MR) is 326 cm³/mol. The van der Waals surface area contributed by atoms with E-state index in [0.717, 1.165) is 67.3 Å². The number of benzene rings is 8. The molecule has 0 spiro atoms. The van der Waals surface area contributed by atoms with E-state index in [0.29, 0.717) is 22.8 Å². The largest absolute Gasteiger partial charge is 0.257 e. The molecule has 0 N–H and O–H groups in total. The van der Waals surface area contributed by atoms with Crippen LogP contribution in [0.4, 0.5) is 0 Å². The molecule has 0 amide bonds. The van der Waals surface area contributed by atoms with Gasteiger partial charge in [0, 0.05) is 24.8 Å². The van der Waals surface area contributed by atoms with Crippen LogP contribution < -0.4 is 0 Å². The fourth-order valence-corrected chi connectivity index (χ4v) is 9.99. The van der Waals surface area contributed by atoms with Crippen molar-refractivity contribution in [2.45, 2.75) is 0 Å². The number of aromatic nitrogens is 6. The first-order valence-corrected chi connectivity index (χ1v) is 26.0. The van der Waals surface area contributed by atoms with E-state index >= 15 is 0 Å². The quantitative estimate of drug-likeness (QED) is 0.121. The minimum Gasteiger partial charge on any atom is -0.257 e. The van der Waals surface area contributed by atoms with Crippen LogP contribution in [0.5, 0.6) is 0 Å². The molecule has 0 aliphatic rings. The van der Waals surface area contributed by atoms with Gasteiger partial charge in [0.1, 0.15) is 0 Å². The summed E-state index contributed by atoms with van der Waals surface area (Å²) < 4.78 is 0. The second kappa shape index (κ2) is 21.4. The van der Waals surface area contributed by atoms with Gasteiger partial charge in [-0.1, -0.05) is 146 Å². The maximum atomic E-state index is 5.41. The topological polar surface area (TPSA) is 77.3 Å². The van der Waals surface area contributed by atoms with Gasteiger partial charge in [-0.15, -0.1) is 0 Å². The molecule has 0 fully saturated rings. The summed E-state index contributed by atoms with van der Waals surface area (Å²) in [6, 6.07) is 76.5. The summed E-state index contributed by atoms with van der Waals surface area (Å²) in [5.74, 6) is 0. The molecule has 0 atom stereocenters. The highest BCUT2D eigenvalue weighted by Gasteiger charge is 2.12. The fraction of sp³-hybridized carbons (Fsp3) is 0. The second-order valence-electron chi connectivity index (χ2n) is 19.2. The van der Waals surface area contributed by atoms with Crippen molar-refractivity contribution in [2.75, 3.05) is 0 Å². The van der Waals surface area contributed by atoms with Crippen molar-refractivity contribution < 1.29 is 0 Å². The van der Waals surface area contributed by atoms with Crippen LogP contribution in [0.15, 0.2) is 243 Å². The van der Waals surface area contributed by atoms with Crippen molar-refractivity contribution >= 4 is 91.7 Å². The lowest BCUT2D eigenvalue weighted by atomic mass is 10.0. The first-order valence-electron chi connectivity index (χ1n) is 26.0. The van der Waals surface area contributed by atoms with Gasteiger partial charge in [-0.3, -0.25) is 19.9 Å². The van der Waals surface area contributed by atoms with E-state index in [1.54, 1.807) is 0 Å². The SMILES string of the molecule is C(=Cc1nc(C=Cc2cc(-c3ccc4ccccc4c3)ccn2)c(C=Cc2cc(-c3ccc4ccccc4c3)ccn2)nc1C=Cc1cc(-c2ccc3ccccc3c2)ccn1)c1cc(-c2ccc3ccccc3c2)ccn1. The summed E-state index contributed by atoms with van der Waals surface area (Å²) in [5.41, 5.74) is 14.5. The van der Waals surface area contributed by atoms with Gasteiger partial charge in [-0.2, -0.15) is 0 Å². The van der Waals surface area contributed by atoms with E-state index in [1.807, 2.05) is 97.7 Å². The average molecular weight is 997 g/mol.